The van der Waals surface area contributed by atoms with Crippen molar-refractivity contribution in [1.29, 1.82) is 0 Å². The lowest BCUT2D eigenvalue weighted by Crippen LogP contribution is -2.33. The van der Waals surface area contributed by atoms with Gasteiger partial charge in [-0.1, -0.05) is 26.8 Å². The lowest BCUT2D eigenvalue weighted by molar-refractivity contribution is 0.319. The molecule has 0 amide bonds. The molecular weight excluding hydrogens is 262 g/mol. The fraction of sp³-hybridized carbons (Fsp3) is 0.647. The number of hydrogen-bond donors (Lipinski definition) is 2. The van der Waals surface area contributed by atoms with Gasteiger partial charge in [-0.15, -0.1) is 0 Å². The third-order valence-corrected chi connectivity index (χ3v) is 3.23. The maximum atomic E-state index is 6.23. The van der Waals surface area contributed by atoms with Gasteiger partial charge < -0.3 is 20.7 Å². The van der Waals surface area contributed by atoms with Crippen molar-refractivity contribution in [2.75, 3.05) is 38.3 Å². The first-order valence-electron chi connectivity index (χ1n) is 7.86. The van der Waals surface area contributed by atoms with Crippen molar-refractivity contribution in [3.63, 3.8) is 0 Å². The quantitative estimate of drug-likeness (QED) is 0.685. The zero-order valence-electron chi connectivity index (χ0n) is 14.1. The number of nitrogens with zero attached hydrogens (tertiary/aromatic N) is 1. The van der Waals surface area contributed by atoms with Crippen molar-refractivity contribution in [1.82, 2.24) is 4.90 Å². The van der Waals surface area contributed by atoms with Crippen LogP contribution in [-0.4, -0.2) is 38.2 Å². The van der Waals surface area contributed by atoms with Gasteiger partial charge in [-0.3, -0.25) is 0 Å². The Kier molecular flexibility index (Phi) is 7.37. The van der Waals surface area contributed by atoms with Gasteiger partial charge in [0.05, 0.1) is 18.0 Å². The highest BCUT2D eigenvalue weighted by molar-refractivity contribution is 5.73. The van der Waals surface area contributed by atoms with Crippen LogP contribution in [0.25, 0.3) is 0 Å². The molecule has 1 atom stereocenters. The Morgan fingerprint density at radius 3 is 2.57 bits per heavy atom. The van der Waals surface area contributed by atoms with Gasteiger partial charge >= 0.3 is 0 Å². The number of nitrogens with two attached hydrogens (primary N) is 1. The topological polar surface area (TPSA) is 50.5 Å². The molecule has 0 saturated heterocycles. The Bertz CT molecular complexity index is 408. The normalized spacial score (nSPS) is 12.7. The summed E-state index contributed by atoms with van der Waals surface area (Å²) in [5, 5.41) is 3.58. The van der Waals surface area contributed by atoms with Gasteiger partial charge in [0, 0.05) is 12.6 Å². The third-order valence-electron chi connectivity index (χ3n) is 3.23. The summed E-state index contributed by atoms with van der Waals surface area (Å²) in [5.74, 6) is 1.41. The molecule has 1 aromatic carbocycles. The Morgan fingerprint density at radius 1 is 1.29 bits per heavy atom. The first kappa shape index (κ1) is 17.6. The predicted molar refractivity (Wildman–Crippen MR) is 92.1 cm³/mol. The smallest absolute Gasteiger partial charge is 0.144 e. The van der Waals surface area contributed by atoms with E-state index in [2.05, 4.69) is 45.1 Å². The first-order chi connectivity index (χ1) is 9.93. The Hall–Kier alpha value is -1.42. The lowest BCUT2D eigenvalue weighted by Gasteiger charge is -2.26. The number of para-hydroxylation sites is 1. The molecule has 4 heteroatoms. The minimum Gasteiger partial charge on any atom is -0.491 e. The highest BCUT2D eigenvalue weighted by Gasteiger charge is 2.14. The van der Waals surface area contributed by atoms with E-state index < -0.39 is 0 Å². The van der Waals surface area contributed by atoms with Crippen molar-refractivity contribution in [3.8, 4) is 5.75 Å². The summed E-state index contributed by atoms with van der Waals surface area (Å²) in [5.41, 5.74) is 7.91. The van der Waals surface area contributed by atoms with E-state index in [4.69, 9.17) is 10.5 Å². The summed E-state index contributed by atoms with van der Waals surface area (Å²) < 4.78 is 5.69. The van der Waals surface area contributed by atoms with Crippen molar-refractivity contribution in [2.45, 2.75) is 39.7 Å². The molecule has 1 unspecified atom stereocenters. The third kappa shape index (κ3) is 6.25. The van der Waals surface area contributed by atoms with Crippen LogP contribution in [0.2, 0.25) is 0 Å². The number of nitrogens with one attached hydrogen (secondary N) is 1. The second kappa shape index (κ2) is 8.78. The highest BCUT2D eigenvalue weighted by Crippen LogP contribution is 2.30. The van der Waals surface area contributed by atoms with Crippen molar-refractivity contribution >= 4 is 11.4 Å². The van der Waals surface area contributed by atoms with Crippen molar-refractivity contribution in [2.24, 2.45) is 5.92 Å². The van der Waals surface area contributed by atoms with Gasteiger partial charge in [-0.05, 0) is 45.0 Å². The number of hydrogen-bond acceptors (Lipinski definition) is 4. The van der Waals surface area contributed by atoms with Crippen LogP contribution in [0, 0.1) is 5.92 Å². The molecule has 0 radical (unpaired) electrons. The molecule has 0 fully saturated rings. The van der Waals surface area contributed by atoms with Crippen LogP contribution in [0.3, 0.4) is 0 Å². The maximum absolute atomic E-state index is 6.23. The summed E-state index contributed by atoms with van der Waals surface area (Å²) in [6.07, 6.45) is 2.09. The number of benzene rings is 1. The van der Waals surface area contributed by atoms with Crippen LogP contribution >= 0.6 is 0 Å². The second-order valence-corrected chi connectivity index (χ2v) is 6.30. The van der Waals surface area contributed by atoms with Crippen LogP contribution in [0.5, 0.6) is 5.75 Å². The van der Waals surface area contributed by atoms with Gasteiger partial charge in [-0.25, -0.2) is 0 Å². The van der Waals surface area contributed by atoms with Gasteiger partial charge in [0.15, 0.2) is 0 Å². The van der Waals surface area contributed by atoms with Gasteiger partial charge in [-0.2, -0.15) is 0 Å². The Labute approximate surface area is 129 Å². The molecule has 1 aromatic rings. The largest absolute Gasteiger partial charge is 0.491 e. The molecule has 0 saturated carbocycles. The van der Waals surface area contributed by atoms with Crippen molar-refractivity contribution in [3.05, 3.63) is 18.2 Å². The number of ether oxygens (including phenoxy) is 1. The summed E-state index contributed by atoms with van der Waals surface area (Å²) in [7, 11) is 4.19. The molecule has 0 aliphatic heterocycles. The number of likely N-dealkylation sites (N-methyl/N-ethyl adjacent to an activating group) is 1. The van der Waals surface area contributed by atoms with Gasteiger partial charge in [0.25, 0.3) is 0 Å². The number of anilines is 2. The lowest BCUT2D eigenvalue weighted by atomic mass is 10.0. The average Bonchev–Trinajstić information content (AvgIpc) is 2.38. The zero-order chi connectivity index (χ0) is 15.8. The molecule has 4 nitrogen and oxygen atoms in total. The summed E-state index contributed by atoms with van der Waals surface area (Å²) in [6, 6.07) is 6.33. The molecule has 0 spiro atoms. The van der Waals surface area contributed by atoms with Crippen LogP contribution in [0.4, 0.5) is 11.4 Å². The average molecular weight is 293 g/mol. The molecule has 0 aliphatic rings. The van der Waals surface area contributed by atoms with Crippen LogP contribution in [0.15, 0.2) is 18.2 Å². The van der Waals surface area contributed by atoms with E-state index >= 15 is 0 Å². The molecule has 1 rings (SSSR count). The first-order valence-corrected chi connectivity index (χ1v) is 7.86. The van der Waals surface area contributed by atoms with Crippen LogP contribution in [-0.2, 0) is 0 Å². The van der Waals surface area contributed by atoms with Crippen molar-refractivity contribution < 1.29 is 4.74 Å². The van der Waals surface area contributed by atoms with E-state index in [1.165, 1.54) is 0 Å². The van der Waals surface area contributed by atoms with E-state index in [0.717, 1.165) is 30.8 Å². The molecular formula is C17H31N3O. The molecule has 3 N–H and O–H groups in total. The SMILES string of the molecule is CCCOc1cccc(NC(CC(C)C)CN(C)C)c1N. The monoisotopic (exact) mass is 293 g/mol. The molecule has 21 heavy (non-hydrogen) atoms. The second-order valence-electron chi connectivity index (χ2n) is 6.30. The van der Waals surface area contributed by atoms with E-state index in [1.54, 1.807) is 0 Å². The maximum Gasteiger partial charge on any atom is 0.144 e. The molecule has 0 aromatic heterocycles. The van der Waals surface area contributed by atoms with E-state index in [0.29, 0.717) is 24.3 Å². The fourth-order valence-electron chi connectivity index (χ4n) is 2.42. The Morgan fingerprint density at radius 2 is 2.00 bits per heavy atom. The molecule has 0 aliphatic carbocycles. The highest BCUT2D eigenvalue weighted by atomic mass is 16.5. The summed E-state index contributed by atoms with van der Waals surface area (Å²) in [6.45, 7) is 8.26. The van der Waals surface area contributed by atoms with E-state index in [9.17, 15) is 0 Å². The Balaban J connectivity index is 2.82. The standard InChI is InChI=1S/C17H31N3O/c1-6-10-21-16-9-7-8-15(17(16)18)19-14(11-13(2)3)12-20(4)5/h7-9,13-14,19H,6,10-12,18H2,1-5H3. The number of rotatable bonds is 9. The van der Waals surface area contributed by atoms with Crippen LogP contribution in [0.1, 0.15) is 33.6 Å². The summed E-state index contributed by atoms with van der Waals surface area (Å²) >= 11 is 0. The van der Waals surface area contributed by atoms with Gasteiger partial charge in [0.2, 0.25) is 0 Å². The minimum absolute atomic E-state index is 0.378. The van der Waals surface area contributed by atoms with E-state index in [1.807, 2.05) is 18.2 Å². The molecule has 120 valence electrons. The number of nitrogen functional groups attached to an aromatic ring is 1. The predicted octanol–water partition coefficient (Wildman–Crippen LogP) is 3.45. The van der Waals surface area contributed by atoms with E-state index in [-0.39, 0.29) is 0 Å². The van der Waals surface area contributed by atoms with Crippen LogP contribution < -0.4 is 15.8 Å². The zero-order valence-corrected chi connectivity index (χ0v) is 14.1. The minimum atomic E-state index is 0.378. The fourth-order valence-corrected chi connectivity index (χ4v) is 2.42. The molecule has 0 bridgehead atoms. The summed E-state index contributed by atoms with van der Waals surface area (Å²) in [4.78, 5) is 2.20. The van der Waals surface area contributed by atoms with Gasteiger partial charge in [0.1, 0.15) is 5.75 Å². The molecule has 0 heterocycles.